The second-order valence-corrected chi connectivity index (χ2v) is 5.16. The predicted octanol–water partition coefficient (Wildman–Crippen LogP) is 3.58. The van der Waals surface area contributed by atoms with Gasteiger partial charge in [-0.2, -0.15) is 0 Å². The van der Waals surface area contributed by atoms with Crippen LogP contribution in [0.2, 0.25) is 0 Å². The molecule has 0 spiro atoms. The van der Waals surface area contributed by atoms with Gasteiger partial charge >= 0.3 is 0 Å². The van der Waals surface area contributed by atoms with Crippen LogP contribution >= 0.6 is 0 Å². The minimum Gasteiger partial charge on any atom is -0.313 e. The first kappa shape index (κ1) is 15.9. The zero-order chi connectivity index (χ0) is 13.9. The highest BCUT2D eigenvalue weighted by molar-refractivity contribution is 5.22. The van der Waals surface area contributed by atoms with Crippen LogP contribution in [0.4, 0.5) is 0 Å². The molecule has 0 aromatic heterocycles. The third-order valence-electron chi connectivity index (χ3n) is 3.18. The summed E-state index contributed by atoms with van der Waals surface area (Å²) in [6.45, 7) is 10.2. The van der Waals surface area contributed by atoms with Crippen LogP contribution in [0.1, 0.15) is 37.3 Å². The lowest BCUT2D eigenvalue weighted by Crippen LogP contribution is -2.19. The minimum absolute atomic E-state index is 0.975. The molecule has 1 rings (SSSR count). The summed E-state index contributed by atoms with van der Waals surface area (Å²) in [7, 11) is 2.18. The maximum absolute atomic E-state index is 3.76. The fourth-order valence-electron chi connectivity index (χ4n) is 2.07. The molecule has 106 valence electrons. The summed E-state index contributed by atoms with van der Waals surface area (Å²) in [4.78, 5) is 2.37. The third-order valence-corrected chi connectivity index (χ3v) is 3.18. The fourth-order valence-corrected chi connectivity index (χ4v) is 2.07. The van der Waals surface area contributed by atoms with Crippen LogP contribution in [0.15, 0.2) is 36.9 Å². The number of hydrogen-bond donors (Lipinski definition) is 1. The van der Waals surface area contributed by atoms with Crippen molar-refractivity contribution in [3.63, 3.8) is 0 Å². The molecular formula is C17H28N2. The van der Waals surface area contributed by atoms with Crippen LogP contribution in [-0.2, 0) is 13.1 Å². The summed E-state index contributed by atoms with van der Waals surface area (Å²) in [5.74, 6) is 0. The number of benzene rings is 1. The lowest BCUT2D eigenvalue weighted by atomic mass is 10.1. The molecule has 0 aliphatic rings. The Labute approximate surface area is 118 Å². The number of hydrogen-bond acceptors (Lipinski definition) is 2. The van der Waals surface area contributed by atoms with Gasteiger partial charge in [0, 0.05) is 13.1 Å². The van der Waals surface area contributed by atoms with Crippen molar-refractivity contribution in [2.75, 3.05) is 20.1 Å². The molecule has 19 heavy (non-hydrogen) atoms. The minimum atomic E-state index is 0.975. The quantitative estimate of drug-likeness (QED) is 0.511. The van der Waals surface area contributed by atoms with Gasteiger partial charge in [-0.05, 0) is 50.5 Å². The highest BCUT2D eigenvalue weighted by Gasteiger charge is 2.00. The van der Waals surface area contributed by atoms with Crippen molar-refractivity contribution >= 4 is 0 Å². The van der Waals surface area contributed by atoms with E-state index >= 15 is 0 Å². The largest absolute Gasteiger partial charge is 0.313 e. The van der Waals surface area contributed by atoms with E-state index in [1.165, 1.54) is 24.0 Å². The third kappa shape index (κ3) is 7.14. The van der Waals surface area contributed by atoms with Gasteiger partial charge in [-0.25, -0.2) is 0 Å². The summed E-state index contributed by atoms with van der Waals surface area (Å²) in [6, 6.07) is 8.95. The number of unbranched alkanes of at least 4 members (excludes halogenated alkanes) is 1. The van der Waals surface area contributed by atoms with Crippen LogP contribution in [0, 0.1) is 0 Å². The molecule has 2 heteroatoms. The SMILES string of the molecule is C=CCCCN(C)Cc1ccc(CNCCC)cc1. The van der Waals surface area contributed by atoms with Gasteiger partial charge in [0.05, 0.1) is 0 Å². The Hall–Kier alpha value is -1.12. The van der Waals surface area contributed by atoms with Crippen molar-refractivity contribution in [3.8, 4) is 0 Å². The molecule has 0 bridgehead atoms. The molecule has 1 aromatic rings. The molecule has 0 heterocycles. The standard InChI is InChI=1S/C17H28N2/c1-4-6-7-13-19(3)15-17-10-8-16(9-11-17)14-18-12-5-2/h4,8-11,18H,1,5-7,12-15H2,2-3H3. The van der Waals surface area contributed by atoms with Crippen molar-refractivity contribution in [2.45, 2.75) is 39.3 Å². The van der Waals surface area contributed by atoms with E-state index in [1.807, 2.05) is 6.08 Å². The lowest BCUT2D eigenvalue weighted by molar-refractivity contribution is 0.323. The first-order chi connectivity index (χ1) is 9.26. The van der Waals surface area contributed by atoms with Gasteiger partial charge in [-0.15, -0.1) is 6.58 Å². The maximum atomic E-state index is 3.76. The molecule has 1 aromatic carbocycles. The van der Waals surface area contributed by atoms with Crippen molar-refractivity contribution in [2.24, 2.45) is 0 Å². The molecule has 0 saturated heterocycles. The van der Waals surface area contributed by atoms with Crippen molar-refractivity contribution in [3.05, 3.63) is 48.0 Å². The van der Waals surface area contributed by atoms with Gasteiger partial charge < -0.3 is 10.2 Å². The maximum Gasteiger partial charge on any atom is 0.0230 e. The molecule has 0 aliphatic heterocycles. The Kier molecular flexibility index (Phi) is 8.19. The Morgan fingerprint density at radius 1 is 1.21 bits per heavy atom. The Balaban J connectivity index is 2.32. The molecule has 2 nitrogen and oxygen atoms in total. The van der Waals surface area contributed by atoms with Crippen LogP contribution < -0.4 is 5.32 Å². The van der Waals surface area contributed by atoms with Gasteiger partial charge in [0.25, 0.3) is 0 Å². The molecule has 0 aliphatic carbocycles. The number of rotatable bonds is 10. The Morgan fingerprint density at radius 3 is 2.53 bits per heavy atom. The fraction of sp³-hybridized carbons (Fsp3) is 0.529. The van der Waals surface area contributed by atoms with Crippen molar-refractivity contribution in [1.82, 2.24) is 10.2 Å². The van der Waals surface area contributed by atoms with Crippen molar-refractivity contribution < 1.29 is 0 Å². The van der Waals surface area contributed by atoms with Crippen LogP contribution in [0.5, 0.6) is 0 Å². The predicted molar refractivity (Wildman–Crippen MR) is 84.2 cm³/mol. The van der Waals surface area contributed by atoms with Crippen LogP contribution in [-0.4, -0.2) is 25.0 Å². The smallest absolute Gasteiger partial charge is 0.0230 e. The van der Waals surface area contributed by atoms with Gasteiger partial charge in [-0.3, -0.25) is 0 Å². The molecule has 0 fully saturated rings. The van der Waals surface area contributed by atoms with Gasteiger partial charge in [0.1, 0.15) is 0 Å². The average molecular weight is 260 g/mol. The molecule has 0 radical (unpaired) electrons. The topological polar surface area (TPSA) is 15.3 Å². The van der Waals surface area contributed by atoms with E-state index in [0.29, 0.717) is 0 Å². The molecule has 1 N–H and O–H groups in total. The van der Waals surface area contributed by atoms with E-state index in [4.69, 9.17) is 0 Å². The zero-order valence-corrected chi connectivity index (χ0v) is 12.5. The zero-order valence-electron chi connectivity index (χ0n) is 12.5. The van der Waals surface area contributed by atoms with Gasteiger partial charge in [0.15, 0.2) is 0 Å². The Bertz CT molecular complexity index is 343. The molecule has 0 atom stereocenters. The lowest BCUT2D eigenvalue weighted by Gasteiger charge is -2.16. The molecular weight excluding hydrogens is 232 g/mol. The summed E-state index contributed by atoms with van der Waals surface area (Å²) < 4.78 is 0. The normalized spacial score (nSPS) is 10.9. The molecule has 0 amide bonds. The first-order valence-corrected chi connectivity index (χ1v) is 7.34. The van der Waals surface area contributed by atoms with Crippen molar-refractivity contribution in [1.29, 1.82) is 0 Å². The number of allylic oxidation sites excluding steroid dienone is 1. The molecule has 0 saturated carbocycles. The highest BCUT2D eigenvalue weighted by Crippen LogP contribution is 2.07. The second-order valence-electron chi connectivity index (χ2n) is 5.16. The number of nitrogens with zero attached hydrogens (tertiary/aromatic N) is 1. The highest BCUT2D eigenvalue weighted by atomic mass is 15.1. The van der Waals surface area contributed by atoms with E-state index in [2.05, 4.69) is 55.0 Å². The van der Waals surface area contributed by atoms with Gasteiger partial charge in [0.2, 0.25) is 0 Å². The van der Waals surface area contributed by atoms with E-state index < -0.39 is 0 Å². The number of nitrogens with one attached hydrogen (secondary N) is 1. The second kappa shape index (κ2) is 9.76. The summed E-state index contributed by atoms with van der Waals surface area (Å²) >= 11 is 0. The van der Waals surface area contributed by atoms with E-state index in [0.717, 1.165) is 32.6 Å². The summed E-state index contributed by atoms with van der Waals surface area (Å²) in [6.07, 6.45) is 5.48. The van der Waals surface area contributed by atoms with Gasteiger partial charge in [-0.1, -0.05) is 37.3 Å². The summed E-state index contributed by atoms with van der Waals surface area (Å²) in [5.41, 5.74) is 2.76. The molecule has 0 unspecified atom stereocenters. The van der Waals surface area contributed by atoms with E-state index in [1.54, 1.807) is 0 Å². The van der Waals surface area contributed by atoms with E-state index in [9.17, 15) is 0 Å². The monoisotopic (exact) mass is 260 g/mol. The van der Waals surface area contributed by atoms with Crippen LogP contribution in [0.3, 0.4) is 0 Å². The van der Waals surface area contributed by atoms with Crippen LogP contribution in [0.25, 0.3) is 0 Å². The average Bonchev–Trinajstić information content (AvgIpc) is 2.41. The summed E-state index contributed by atoms with van der Waals surface area (Å²) in [5, 5.41) is 3.43. The Morgan fingerprint density at radius 2 is 1.89 bits per heavy atom. The first-order valence-electron chi connectivity index (χ1n) is 7.34. The van der Waals surface area contributed by atoms with E-state index in [-0.39, 0.29) is 0 Å².